The quantitative estimate of drug-likeness (QED) is 0.658. The zero-order valence-electron chi connectivity index (χ0n) is 12.7. The fraction of sp³-hybridized carbons (Fsp3) is 0.188. The van der Waals surface area contributed by atoms with Gasteiger partial charge in [-0.3, -0.25) is 4.79 Å². The maximum atomic E-state index is 12.2. The number of thioether (sulfide) groups is 1. The molecule has 1 amide bonds. The van der Waals surface area contributed by atoms with Gasteiger partial charge >= 0.3 is 0 Å². The number of para-hydroxylation sites is 1. The summed E-state index contributed by atoms with van der Waals surface area (Å²) in [6, 6.07) is 7.86. The van der Waals surface area contributed by atoms with E-state index in [4.69, 9.17) is 0 Å². The molecule has 0 spiro atoms. The van der Waals surface area contributed by atoms with E-state index in [0.717, 1.165) is 26.8 Å². The van der Waals surface area contributed by atoms with Gasteiger partial charge in [-0.1, -0.05) is 30.0 Å². The smallest absolute Gasteiger partial charge is 0.234 e. The predicted molar refractivity (Wildman–Crippen MR) is 96.9 cm³/mol. The van der Waals surface area contributed by atoms with E-state index in [1.54, 1.807) is 6.20 Å². The molecule has 3 rings (SSSR count). The Balaban J connectivity index is 1.66. The highest BCUT2D eigenvalue weighted by molar-refractivity contribution is 9.10. The molecule has 2 aromatic heterocycles. The minimum atomic E-state index is -0.0537. The van der Waals surface area contributed by atoms with Crippen LogP contribution in [-0.2, 0) is 4.79 Å². The number of imidazole rings is 1. The normalized spacial score (nSPS) is 10.9. The van der Waals surface area contributed by atoms with Gasteiger partial charge in [0.25, 0.3) is 0 Å². The summed E-state index contributed by atoms with van der Waals surface area (Å²) in [5, 5.41) is 3.65. The number of rotatable bonds is 4. The molecule has 0 aliphatic carbocycles. The molecule has 0 aliphatic heterocycles. The van der Waals surface area contributed by atoms with Crippen LogP contribution in [0.2, 0.25) is 0 Å². The molecule has 0 aliphatic rings. The number of aromatic amines is 1. The van der Waals surface area contributed by atoms with Crippen molar-refractivity contribution in [3.63, 3.8) is 0 Å². The van der Waals surface area contributed by atoms with Crippen LogP contribution < -0.4 is 5.32 Å². The van der Waals surface area contributed by atoms with Crippen LogP contribution in [0.1, 0.15) is 11.1 Å². The number of benzene rings is 1. The molecule has 0 fully saturated rings. The van der Waals surface area contributed by atoms with E-state index >= 15 is 0 Å². The summed E-state index contributed by atoms with van der Waals surface area (Å²) in [4.78, 5) is 23.9. The first kappa shape index (κ1) is 16.0. The van der Waals surface area contributed by atoms with Crippen LogP contribution in [0.15, 0.2) is 40.1 Å². The van der Waals surface area contributed by atoms with Crippen LogP contribution in [-0.4, -0.2) is 26.6 Å². The Bertz CT molecular complexity index is 857. The lowest BCUT2D eigenvalue weighted by molar-refractivity contribution is -0.113. The van der Waals surface area contributed by atoms with E-state index in [2.05, 4.69) is 36.2 Å². The van der Waals surface area contributed by atoms with Crippen LogP contribution in [0.5, 0.6) is 0 Å². The van der Waals surface area contributed by atoms with Crippen molar-refractivity contribution in [2.45, 2.75) is 19.0 Å². The molecule has 118 valence electrons. The summed E-state index contributed by atoms with van der Waals surface area (Å²) in [6.07, 6.45) is 1.70. The van der Waals surface area contributed by atoms with E-state index in [9.17, 15) is 4.79 Å². The molecular weight excluding hydrogens is 376 g/mol. The van der Waals surface area contributed by atoms with Crippen LogP contribution in [0.25, 0.3) is 11.2 Å². The fourth-order valence-corrected chi connectivity index (χ4v) is 3.25. The van der Waals surface area contributed by atoms with Gasteiger partial charge in [0.2, 0.25) is 5.91 Å². The van der Waals surface area contributed by atoms with Gasteiger partial charge < -0.3 is 10.3 Å². The molecule has 2 heterocycles. The van der Waals surface area contributed by atoms with Crippen molar-refractivity contribution >= 4 is 50.5 Å². The number of amides is 1. The Morgan fingerprint density at radius 1 is 1.35 bits per heavy atom. The number of H-pyrrole nitrogens is 1. The molecule has 1 aromatic carbocycles. The number of nitrogens with one attached hydrogen (secondary N) is 2. The minimum Gasteiger partial charge on any atom is -0.331 e. The zero-order valence-corrected chi connectivity index (χ0v) is 15.1. The Morgan fingerprint density at radius 3 is 2.83 bits per heavy atom. The standard InChI is InChI=1S/C16H15BrN4OS/c1-9-4-3-5-10(2)14(9)20-13(22)8-23-16-19-12-6-11(17)7-18-15(12)21-16/h3-7H,8H2,1-2H3,(H,20,22)(H,18,19,21). The van der Waals surface area contributed by atoms with Gasteiger partial charge in [-0.15, -0.1) is 0 Å². The molecular formula is C16H15BrN4OS. The second-order valence-electron chi connectivity index (χ2n) is 5.17. The number of hydrogen-bond donors (Lipinski definition) is 2. The highest BCUT2D eigenvalue weighted by Gasteiger charge is 2.10. The molecule has 5 nitrogen and oxygen atoms in total. The lowest BCUT2D eigenvalue weighted by atomic mass is 10.1. The summed E-state index contributed by atoms with van der Waals surface area (Å²) >= 11 is 4.73. The topological polar surface area (TPSA) is 70.7 Å². The third kappa shape index (κ3) is 3.73. The van der Waals surface area contributed by atoms with Crippen LogP contribution in [0.3, 0.4) is 0 Å². The molecule has 3 aromatic rings. The number of nitrogens with zero attached hydrogens (tertiary/aromatic N) is 2. The largest absolute Gasteiger partial charge is 0.331 e. The number of carbonyl (C=O) groups excluding carboxylic acids is 1. The summed E-state index contributed by atoms with van der Waals surface area (Å²) < 4.78 is 0.887. The number of hydrogen-bond acceptors (Lipinski definition) is 4. The number of aryl methyl sites for hydroxylation is 2. The number of carbonyl (C=O) groups is 1. The number of pyridine rings is 1. The molecule has 0 atom stereocenters. The molecule has 0 unspecified atom stereocenters. The molecule has 0 radical (unpaired) electrons. The minimum absolute atomic E-state index is 0.0537. The Morgan fingerprint density at radius 2 is 2.09 bits per heavy atom. The first-order valence-electron chi connectivity index (χ1n) is 7.03. The van der Waals surface area contributed by atoms with Crippen molar-refractivity contribution in [1.82, 2.24) is 15.0 Å². The number of halogens is 1. The molecule has 2 N–H and O–H groups in total. The van der Waals surface area contributed by atoms with Gasteiger partial charge in [0.15, 0.2) is 10.8 Å². The summed E-state index contributed by atoms with van der Waals surface area (Å²) in [5.74, 6) is 0.233. The number of anilines is 1. The number of fused-ring (bicyclic) bond motifs is 1. The molecule has 0 saturated heterocycles. The third-order valence-electron chi connectivity index (χ3n) is 3.37. The van der Waals surface area contributed by atoms with Crippen molar-refractivity contribution in [2.24, 2.45) is 0 Å². The van der Waals surface area contributed by atoms with Gasteiger partial charge in [0, 0.05) is 16.4 Å². The first-order valence-corrected chi connectivity index (χ1v) is 8.81. The average molecular weight is 391 g/mol. The van der Waals surface area contributed by atoms with Crippen molar-refractivity contribution in [3.05, 3.63) is 46.1 Å². The van der Waals surface area contributed by atoms with Gasteiger partial charge in [-0.25, -0.2) is 9.97 Å². The van der Waals surface area contributed by atoms with E-state index in [0.29, 0.717) is 10.8 Å². The molecule has 23 heavy (non-hydrogen) atoms. The average Bonchev–Trinajstić information content (AvgIpc) is 2.91. The number of aromatic nitrogens is 3. The van der Waals surface area contributed by atoms with Crippen molar-refractivity contribution in [1.29, 1.82) is 0 Å². The Labute approximate surface area is 146 Å². The summed E-state index contributed by atoms with van der Waals surface area (Å²) in [6.45, 7) is 3.97. The van der Waals surface area contributed by atoms with E-state index in [-0.39, 0.29) is 11.7 Å². The lowest BCUT2D eigenvalue weighted by Gasteiger charge is -2.10. The highest BCUT2D eigenvalue weighted by atomic mass is 79.9. The van der Waals surface area contributed by atoms with Gasteiger partial charge in [0.05, 0.1) is 11.3 Å². The molecule has 0 bridgehead atoms. The predicted octanol–water partition coefficient (Wildman–Crippen LogP) is 4.07. The van der Waals surface area contributed by atoms with E-state index in [1.165, 1.54) is 11.8 Å². The van der Waals surface area contributed by atoms with Crippen molar-refractivity contribution < 1.29 is 4.79 Å². The lowest BCUT2D eigenvalue weighted by Crippen LogP contribution is -2.15. The zero-order chi connectivity index (χ0) is 16.4. The summed E-state index contributed by atoms with van der Waals surface area (Å²) in [7, 11) is 0. The van der Waals surface area contributed by atoms with Crippen LogP contribution in [0.4, 0.5) is 5.69 Å². The monoisotopic (exact) mass is 390 g/mol. The Kier molecular flexibility index (Phi) is 4.68. The van der Waals surface area contributed by atoms with Crippen molar-refractivity contribution in [3.8, 4) is 0 Å². The van der Waals surface area contributed by atoms with E-state index in [1.807, 2.05) is 38.1 Å². The highest BCUT2D eigenvalue weighted by Crippen LogP contribution is 2.22. The van der Waals surface area contributed by atoms with Crippen molar-refractivity contribution in [2.75, 3.05) is 11.1 Å². The van der Waals surface area contributed by atoms with Gasteiger partial charge in [0.1, 0.15) is 0 Å². The van der Waals surface area contributed by atoms with Gasteiger partial charge in [-0.05, 0) is 47.0 Å². The first-order chi connectivity index (χ1) is 11.0. The second kappa shape index (κ2) is 6.72. The second-order valence-corrected chi connectivity index (χ2v) is 7.05. The van der Waals surface area contributed by atoms with Crippen LogP contribution >= 0.6 is 27.7 Å². The molecule has 0 saturated carbocycles. The van der Waals surface area contributed by atoms with E-state index < -0.39 is 0 Å². The maximum Gasteiger partial charge on any atom is 0.234 e. The van der Waals surface area contributed by atoms with Gasteiger partial charge in [-0.2, -0.15) is 0 Å². The third-order valence-corrected chi connectivity index (χ3v) is 4.67. The SMILES string of the molecule is Cc1cccc(C)c1NC(=O)CSc1nc2ncc(Br)cc2[nH]1. The van der Waals surface area contributed by atoms with Crippen LogP contribution in [0, 0.1) is 13.8 Å². The fourth-order valence-electron chi connectivity index (χ4n) is 2.24. The Hall–Kier alpha value is -1.86. The molecule has 7 heteroatoms. The maximum absolute atomic E-state index is 12.2. The summed E-state index contributed by atoms with van der Waals surface area (Å²) in [5.41, 5.74) is 4.48.